The summed E-state index contributed by atoms with van der Waals surface area (Å²) < 4.78 is 44.3. The maximum atomic E-state index is 13.2. The number of halogens is 1. The molecule has 132 valence electrons. The summed E-state index contributed by atoms with van der Waals surface area (Å²) in [6.45, 7) is 1.68. The third kappa shape index (κ3) is 3.74. The average Bonchev–Trinajstić information content (AvgIpc) is 2.52. The molecule has 0 aromatic heterocycles. The summed E-state index contributed by atoms with van der Waals surface area (Å²) in [7, 11) is -3.59. The van der Waals surface area contributed by atoms with Gasteiger partial charge in [0.2, 0.25) is 10.0 Å². The van der Waals surface area contributed by atoms with Crippen LogP contribution < -0.4 is 14.4 Å². The molecule has 3 rings (SSSR count). The first-order valence-corrected chi connectivity index (χ1v) is 9.40. The molecule has 2 aromatic carbocycles. The topological polar surface area (TPSA) is 75.7 Å². The molecule has 0 spiro atoms. The van der Waals surface area contributed by atoms with Gasteiger partial charge in [0.1, 0.15) is 11.6 Å². The number of benzene rings is 2. The van der Waals surface area contributed by atoms with E-state index in [4.69, 9.17) is 4.74 Å². The van der Waals surface area contributed by atoms with E-state index >= 15 is 0 Å². The fourth-order valence-electron chi connectivity index (χ4n) is 2.60. The summed E-state index contributed by atoms with van der Waals surface area (Å²) in [5, 5.41) is 2.54. The van der Waals surface area contributed by atoms with Gasteiger partial charge in [-0.05, 0) is 42.8 Å². The summed E-state index contributed by atoms with van der Waals surface area (Å²) in [6.07, 6.45) is 0.0274. The number of rotatable bonds is 3. The zero-order valence-corrected chi connectivity index (χ0v) is 14.5. The van der Waals surface area contributed by atoms with Crippen molar-refractivity contribution in [3.8, 4) is 5.75 Å². The number of nitrogens with one attached hydrogen (secondary N) is 1. The lowest BCUT2D eigenvalue weighted by molar-refractivity contribution is -0.122. The van der Waals surface area contributed by atoms with E-state index in [-0.39, 0.29) is 12.2 Å². The monoisotopic (exact) mass is 364 g/mol. The predicted octanol–water partition coefficient (Wildman–Crippen LogP) is 2.30. The van der Waals surface area contributed by atoms with Gasteiger partial charge < -0.3 is 10.1 Å². The molecule has 2 aromatic rings. The Morgan fingerprint density at radius 3 is 2.72 bits per heavy atom. The van der Waals surface area contributed by atoms with Crippen LogP contribution in [-0.2, 0) is 14.8 Å². The highest BCUT2D eigenvalue weighted by atomic mass is 32.2. The Morgan fingerprint density at radius 2 is 2.04 bits per heavy atom. The molecule has 0 bridgehead atoms. The van der Waals surface area contributed by atoms with Crippen LogP contribution in [-0.4, -0.2) is 33.2 Å². The van der Waals surface area contributed by atoms with Gasteiger partial charge in [0.15, 0.2) is 6.10 Å². The molecule has 1 heterocycles. The molecule has 0 saturated heterocycles. The van der Waals surface area contributed by atoms with Crippen molar-refractivity contribution in [1.29, 1.82) is 0 Å². The minimum absolute atomic E-state index is 0.156. The smallest absolute Gasteiger partial charge is 0.267 e. The van der Waals surface area contributed by atoms with Gasteiger partial charge in [-0.25, -0.2) is 12.8 Å². The first-order chi connectivity index (χ1) is 11.7. The quantitative estimate of drug-likeness (QED) is 0.907. The summed E-state index contributed by atoms with van der Waals surface area (Å²) in [6, 6.07) is 10.5. The fourth-order valence-corrected chi connectivity index (χ4v) is 3.51. The molecule has 1 amide bonds. The summed E-state index contributed by atoms with van der Waals surface area (Å²) in [5.74, 6) is -0.729. The van der Waals surface area contributed by atoms with Crippen molar-refractivity contribution in [2.24, 2.45) is 0 Å². The van der Waals surface area contributed by atoms with E-state index in [0.717, 1.165) is 16.1 Å². The minimum Gasteiger partial charge on any atom is -0.476 e. The number of aryl methyl sites for hydroxylation is 1. The molecule has 0 fully saturated rings. The number of fused-ring (bicyclic) bond motifs is 1. The SMILES string of the molecule is Cc1ccc2c(c1)N(S(C)(=O)=O)C[C@H](C(=O)Nc1cccc(F)c1)O2. The van der Waals surface area contributed by atoms with E-state index in [2.05, 4.69) is 5.32 Å². The second-order valence-electron chi connectivity index (χ2n) is 5.87. The van der Waals surface area contributed by atoms with Gasteiger partial charge in [0.05, 0.1) is 18.5 Å². The molecule has 6 nitrogen and oxygen atoms in total. The summed E-state index contributed by atoms with van der Waals surface area (Å²) in [5.41, 5.74) is 1.55. The van der Waals surface area contributed by atoms with Crippen LogP contribution in [0, 0.1) is 12.7 Å². The van der Waals surface area contributed by atoms with Crippen LogP contribution in [0.15, 0.2) is 42.5 Å². The van der Waals surface area contributed by atoms with Crippen molar-refractivity contribution in [3.05, 3.63) is 53.8 Å². The number of ether oxygens (including phenoxy) is 1. The molecule has 0 saturated carbocycles. The lowest BCUT2D eigenvalue weighted by atomic mass is 10.1. The molecule has 0 aliphatic carbocycles. The fraction of sp³-hybridized carbons (Fsp3) is 0.235. The Labute approximate surface area is 145 Å². The van der Waals surface area contributed by atoms with E-state index in [1.807, 2.05) is 6.92 Å². The number of hydrogen-bond donors (Lipinski definition) is 1. The number of amides is 1. The summed E-state index contributed by atoms with van der Waals surface area (Å²) in [4.78, 5) is 12.4. The Kier molecular flexibility index (Phi) is 4.38. The molecular weight excluding hydrogens is 347 g/mol. The van der Waals surface area contributed by atoms with Crippen LogP contribution in [0.1, 0.15) is 5.56 Å². The molecular formula is C17H17FN2O4S. The van der Waals surface area contributed by atoms with E-state index < -0.39 is 27.9 Å². The first kappa shape index (κ1) is 17.2. The van der Waals surface area contributed by atoms with Crippen molar-refractivity contribution in [2.75, 3.05) is 22.4 Å². The molecule has 1 N–H and O–H groups in total. The van der Waals surface area contributed by atoms with Crippen LogP contribution in [0.4, 0.5) is 15.8 Å². The van der Waals surface area contributed by atoms with E-state index in [9.17, 15) is 17.6 Å². The number of hydrogen-bond acceptors (Lipinski definition) is 4. The van der Waals surface area contributed by atoms with Gasteiger partial charge in [-0.2, -0.15) is 0 Å². The normalized spacial score (nSPS) is 16.8. The second kappa shape index (κ2) is 6.36. The van der Waals surface area contributed by atoms with E-state index in [0.29, 0.717) is 11.4 Å². The van der Waals surface area contributed by atoms with Gasteiger partial charge in [-0.3, -0.25) is 9.10 Å². The van der Waals surface area contributed by atoms with Gasteiger partial charge in [0.25, 0.3) is 5.91 Å². The van der Waals surface area contributed by atoms with Crippen LogP contribution in [0.5, 0.6) is 5.75 Å². The van der Waals surface area contributed by atoms with Gasteiger partial charge in [-0.15, -0.1) is 0 Å². The van der Waals surface area contributed by atoms with Crippen molar-refractivity contribution in [3.63, 3.8) is 0 Å². The Bertz CT molecular complexity index is 930. The largest absolute Gasteiger partial charge is 0.476 e. The average molecular weight is 364 g/mol. The lowest BCUT2D eigenvalue weighted by Gasteiger charge is -2.34. The standard InChI is InChI=1S/C17H17FN2O4S/c1-11-6-7-15-14(8-11)20(25(2,22)23)10-16(24-15)17(21)19-13-5-3-4-12(18)9-13/h3-9,16H,10H2,1-2H3,(H,19,21)/t16-/m1/s1. The zero-order chi connectivity index (χ0) is 18.2. The number of carbonyl (C=O) groups is 1. The summed E-state index contributed by atoms with van der Waals surface area (Å²) >= 11 is 0. The van der Waals surface area contributed by atoms with Crippen molar-refractivity contribution in [2.45, 2.75) is 13.0 Å². The lowest BCUT2D eigenvalue weighted by Crippen LogP contribution is -2.48. The van der Waals surface area contributed by atoms with Gasteiger partial charge in [-0.1, -0.05) is 12.1 Å². The number of anilines is 2. The second-order valence-corrected chi connectivity index (χ2v) is 7.78. The predicted molar refractivity (Wildman–Crippen MR) is 92.8 cm³/mol. The zero-order valence-electron chi connectivity index (χ0n) is 13.7. The molecule has 0 unspecified atom stereocenters. The number of sulfonamides is 1. The molecule has 25 heavy (non-hydrogen) atoms. The molecule has 1 atom stereocenters. The first-order valence-electron chi connectivity index (χ1n) is 7.55. The van der Waals surface area contributed by atoms with Crippen LogP contribution in [0.25, 0.3) is 0 Å². The van der Waals surface area contributed by atoms with Crippen LogP contribution >= 0.6 is 0 Å². The molecule has 1 aliphatic heterocycles. The number of nitrogens with zero attached hydrogens (tertiary/aromatic N) is 1. The van der Waals surface area contributed by atoms with Gasteiger partial charge >= 0.3 is 0 Å². The van der Waals surface area contributed by atoms with Crippen molar-refractivity contribution < 1.29 is 22.3 Å². The third-order valence-electron chi connectivity index (χ3n) is 3.77. The molecule has 0 radical (unpaired) electrons. The van der Waals surface area contributed by atoms with Crippen LogP contribution in [0.2, 0.25) is 0 Å². The molecule has 8 heteroatoms. The number of carbonyl (C=O) groups excluding carboxylic acids is 1. The van der Waals surface area contributed by atoms with E-state index in [1.165, 1.54) is 24.3 Å². The molecule has 1 aliphatic rings. The van der Waals surface area contributed by atoms with Crippen molar-refractivity contribution in [1.82, 2.24) is 0 Å². The Balaban J connectivity index is 1.89. The maximum Gasteiger partial charge on any atom is 0.267 e. The third-order valence-corrected chi connectivity index (χ3v) is 4.92. The Hall–Kier alpha value is -2.61. The van der Waals surface area contributed by atoms with Crippen molar-refractivity contribution >= 4 is 27.3 Å². The van der Waals surface area contributed by atoms with Crippen LogP contribution in [0.3, 0.4) is 0 Å². The van der Waals surface area contributed by atoms with Gasteiger partial charge in [0, 0.05) is 5.69 Å². The minimum atomic E-state index is -3.59. The highest BCUT2D eigenvalue weighted by Gasteiger charge is 2.35. The maximum absolute atomic E-state index is 13.2. The van der Waals surface area contributed by atoms with E-state index in [1.54, 1.807) is 18.2 Å². The highest BCUT2D eigenvalue weighted by molar-refractivity contribution is 7.92. The highest BCUT2D eigenvalue weighted by Crippen LogP contribution is 2.35. The Morgan fingerprint density at radius 1 is 1.28 bits per heavy atom.